The van der Waals surface area contributed by atoms with E-state index in [2.05, 4.69) is 4.72 Å². The minimum atomic E-state index is -3.83. The van der Waals surface area contributed by atoms with Crippen LogP contribution in [-0.4, -0.2) is 13.4 Å². The van der Waals surface area contributed by atoms with E-state index in [1.54, 1.807) is 0 Å². The zero-order valence-corrected chi connectivity index (χ0v) is 12.9. The van der Waals surface area contributed by atoms with Gasteiger partial charge in [0.15, 0.2) is 0 Å². The Balaban J connectivity index is 2.31. The van der Waals surface area contributed by atoms with Crippen LogP contribution >= 0.6 is 23.8 Å². The monoisotopic (exact) mass is 344 g/mol. The van der Waals surface area contributed by atoms with Crippen LogP contribution in [0.15, 0.2) is 47.4 Å². The van der Waals surface area contributed by atoms with Crippen molar-refractivity contribution in [2.24, 2.45) is 5.73 Å². The van der Waals surface area contributed by atoms with Gasteiger partial charge in [-0.05, 0) is 30.3 Å². The molecule has 3 N–H and O–H groups in total. The molecule has 0 aliphatic carbocycles. The first-order valence-corrected chi connectivity index (χ1v) is 7.94. The smallest absolute Gasteiger partial charge is 0.261 e. The van der Waals surface area contributed by atoms with Crippen molar-refractivity contribution >= 4 is 44.5 Å². The van der Waals surface area contributed by atoms with E-state index in [-0.39, 0.29) is 20.6 Å². The summed E-state index contributed by atoms with van der Waals surface area (Å²) in [6.45, 7) is 0. The topological polar surface area (TPSA) is 72.2 Å². The van der Waals surface area contributed by atoms with Crippen molar-refractivity contribution in [3.05, 3.63) is 58.9 Å². The van der Waals surface area contributed by atoms with Crippen LogP contribution in [0, 0.1) is 5.82 Å². The van der Waals surface area contributed by atoms with Gasteiger partial charge in [0.25, 0.3) is 10.0 Å². The number of halogens is 2. The highest BCUT2D eigenvalue weighted by atomic mass is 35.5. The predicted molar refractivity (Wildman–Crippen MR) is 84.5 cm³/mol. The minimum Gasteiger partial charge on any atom is -0.389 e. The van der Waals surface area contributed by atoms with Gasteiger partial charge in [-0.1, -0.05) is 36.0 Å². The van der Waals surface area contributed by atoms with Crippen LogP contribution in [0.4, 0.5) is 10.1 Å². The highest BCUT2D eigenvalue weighted by molar-refractivity contribution is 7.92. The molecule has 0 amide bonds. The number of sulfonamides is 1. The van der Waals surface area contributed by atoms with E-state index < -0.39 is 15.8 Å². The van der Waals surface area contributed by atoms with Crippen LogP contribution < -0.4 is 10.5 Å². The average molecular weight is 345 g/mol. The molecule has 0 heterocycles. The van der Waals surface area contributed by atoms with E-state index in [4.69, 9.17) is 29.6 Å². The molecule has 0 atom stereocenters. The molecule has 21 heavy (non-hydrogen) atoms. The second-order valence-electron chi connectivity index (χ2n) is 4.12. The van der Waals surface area contributed by atoms with Gasteiger partial charge in [-0.2, -0.15) is 0 Å². The number of rotatable bonds is 4. The Hall–Kier alpha value is -1.70. The molecule has 2 aromatic carbocycles. The quantitative estimate of drug-likeness (QED) is 0.836. The summed E-state index contributed by atoms with van der Waals surface area (Å²) in [6, 6.07) is 9.13. The lowest BCUT2D eigenvalue weighted by Gasteiger charge is -2.10. The molecule has 0 aromatic heterocycles. The van der Waals surface area contributed by atoms with Crippen LogP contribution in [0.3, 0.4) is 0 Å². The molecule has 0 bridgehead atoms. The van der Waals surface area contributed by atoms with Gasteiger partial charge >= 0.3 is 0 Å². The first kappa shape index (κ1) is 15.7. The van der Waals surface area contributed by atoms with Crippen molar-refractivity contribution in [1.29, 1.82) is 0 Å². The van der Waals surface area contributed by atoms with Crippen LogP contribution in [0.25, 0.3) is 0 Å². The summed E-state index contributed by atoms with van der Waals surface area (Å²) in [5.41, 5.74) is 6.10. The number of thiocarbonyl (C=S) groups is 1. The van der Waals surface area contributed by atoms with Gasteiger partial charge in [-0.15, -0.1) is 0 Å². The average Bonchev–Trinajstić information content (AvgIpc) is 2.42. The number of nitrogens with two attached hydrogens (primary N) is 1. The fraction of sp³-hybridized carbons (Fsp3) is 0. The van der Waals surface area contributed by atoms with Gasteiger partial charge in [-0.3, -0.25) is 4.72 Å². The van der Waals surface area contributed by atoms with Gasteiger partial charge in [0.1, 0.15) is 10.8 Å². The van der Waals surface area contributed by atoms with Crippen LogP contribution in [0.2, 0.25) is 5.02 Å². The van der Waals surface area contributed by atoms with Crippen LogP contribution in [-0.2, 0) is 10.0 Å². The van der Waals surface area contributed by atoms with Crippen molar-refractivity contribution in [2.45, 2.75) is 4.90 Å². The second-order valence-corrected chi connectivity index (χ2v) is 6.65. The molecule has 0 fully saturated rings. The molecular weight excluding hydrogens is 335 g/mol. The van der Waals surface area contributed by atoms with E-state index in [0.29, 0.717) is 5.56 Å². The fourth-order valence-electron chi connectivity index (χ4n) is 1.57. The molecule has 0 unspecified atom stereocenters. The van der Waals surface area contributed by atoms with Gasteiger partial charge in [-0.25, -0.2) is 12.8 Å². The van der Waals surface area contributed by atoms with Gasteiger partial charge in [0.2, 0.25) is 0 Å². The maximum Gasteiger partial charge on any atom is 0.261 e. The lowest BCUT2D eigenvalue weighted by molar-refractivity contribution is 0.601. The Kier molecular flexibility index (Phi) is 4.46. The molecule has 0 radical (unpaired) electrons. The standard InChI is InChI=1S/C13H10ClFN2O2S2/c14-11-7-9(15)3-6-12(11)17-21(18,19)10-4-1-8(2-5-10)13(16)20/h1-7,17H,(H2,16,20). The van der Waals surface area contributed by atoms with E-state index in [9.17, 15) is 12.8 Å². The molecule has 0 aliphatic heterocycles. The fourth-order valence-corrected chi connectivity index (χ4v) is 3.06. The number of hydrogen-bond donors (Lipinski definition) is 2. The Bertz CT molecular complexity index is 792. The van der Waals surface area contributed by atoms with Crippen LogP contribution in [0.5, 0.6) is 0 Å². The van der Waals surface area contributed by atoms with E-state index in [1.807, 2.05) is 0 Å². The third-order valence-electron chi connectivity index (χ3n) is 2.62. The maximum absolute atomic E-state index is 12.9. The summed E-state index contributed by atoms with van der Waals surface area (Å²) in [5, 5.41) is -0.0293. The zero-order valence-electron chi connectivity index (χ0n) is 10.5. The summed E-state index contributed by atoms with van der Waals surface area (Å²) in [7, 11) is -3.83. The van der Waals surface area contributed by atoms with Gasteiger partial charge in [0.05, 0.1) is 15.6 Å². The largest absolute Gasteiger partial charge is 0.389 e. The van der Waals surface area contributed by atoms with Crippen molar-refractivity contribution in [2.75, 3.05) is 4.72 Å². The molecule has 110 valence electrons. The van der Waals surface area contributed by atoms with Crippen molar-refractivity contribution in [1.82, 2.24) is 0 Å². The minimum absolute atomic E-state index is 0.0166. The van der Waals surface area contributed by atoms with Crippen molar-refractivity contribution in [3.63, 3.8) is 0 Å². The molecule has 2 rings (SSSR count). The van der Waals surface area contributed by atoms with Crippen molar-refractivity contribution < 1.29 is 12.8 Å². The van der Waals surface area contributed by atoms with Crippen molar-refractivity contribution in [3.8, 4) is 0 Å². The molecule has 0 saturated heterocycles. The highest BCUT2D eigenvalue weighted by Crippen LogP contribution is 2.25. The molecule has 0 aliphatic rings. The normalized spacial score (nSPS) is 11.1. The summed E-state index contributed by atoms with van der Waals surface area (Å²) in [6.07, 6.45) is 0. The Morgan fingerprint density at radius 1 is 1.19 bits per heavy atom. The lowest BCUT2D eigenvalue weighted by Crippen LogP contribution is -2.14. The first-order valence-electron chi connectivity index (χ1n) is 5.67. The molecule has 2 aromatic rings. The van der Waals surface area contributed by atoms with E-state index in [1.165, 1.54) is 30.3 Å². The summed E-state index contributed by atoms with van der Waals surface area (Å²) in [4.78, 5) is 0.191. The predicted octanol–water partition coefficient (Wildman–Crippen LogP) is 2.91. The Labute approximate surface area is 131 Å². The first-order chi connectivity index (χ1) is 9.79. The molecular formula is C13H10ClFN2O2S2. The third-order valence-corrected chi connectivity index (χ3v) is 4.55. The maximum atomic E-state index is 12.9. The SMILES string of the molecule is NC(=S)c1ccc(S(=O)(=O)Nc2ccc(F)cc2Cl)cc1. The summed E-state index contributed by atoms with van der Waals surface area (Å²) < 4.78 is 39.6. The third kappa shape index (κ3) is 3.69. The van der Waals surface area contributed by atoms with Gasteiger partial charge < -0.3 is 5.73 Å². The number of nitrogens with one attached hydrogen (secondary N) is 1. The number of anilines is 1. The zero-order chi connectivity index (χ0) is 15.6. The Morgan fingerprint density at radius 3 is 2.33 bits per heavy atom. The summed E-state index contributed by atoms with van der Waals surface area (Å²) in [5.74, 6) is -0.552. The van der Waals surface area contributed by atoms with Crippen LogP contribution in [0.1, 0.15) is 5.56 Å². The lowest BCUT2D eigenvalue weighted by atomic mass is 10.2. The van der Waals surface area contributed by atoms with Gasteiger partial charge in [0, 0.05) is 5.56 Å². The molecule has 8 heteroatoms. The highest BCUT2D eigenvalue weighted by Gasteiger charge is 2.16. The van der Waals surface area contributed by atoms with E-state index >= 15 is 0 Å². The Morgan fingerprint density at radius 2 is 1.81 bits per heavy atom. The second kappa shape index (κ2) is 5.97. The number of hydrogen-bond acceptors (Lipinski definition) is 3. The molecule has 0 spiro atoms. The number of benzene rings is 2. The summed E-state index contributed by atoms with van der Waals surface area (Å²) >= 11 is 10.6. The molecule has 0 saturated carbocycles. The van der Waals surface area contributed by atoms with E-state index in [0.717, 1.165) is 12.1 Å². The molecule has 4 nitrogen and oxygen atoms in total.